The van der Waals surface area contributed by atoms with E-state index in [4.69, 9.17) is 11.0 Å². The fraction of sp³-hybridized carbons (Fsp3) is 0.533. The van der Waals surface area contributed by atoms with Crippen LogP contribution in [0.15, 0.2) is 23.1 Å². The molecule has 2 N–H and O–H groups in total. The second-order valence-electron chi connectivity index (χ2n) is 5.85. The number of nitrogens with two attached hydrogens (primary N) is 1. The Hall–Kier alpha value is -1.63. The van der Waals surface area contributed by atoms with E-state index in [1.165, 1.54) is 10.4 Å². The first-order chi connectivity index (χ1) is 11.1. The van der Waals surface area contributed by atoms with E-state index in [1.807, 2.05) is 0 Å². The molecule has 0 aromatic heterocycles. The third kappa shape index (κ3) is 3.55. The summed E-state index contributed by atoms with van der Waals surface area (Å²) in [6.45, 7) is 1.90. The van der Waals surface area contributed by atoms with Crippen LogP contribution < -0.4 is 5.73 Å². The van der Waals surface area contributed by atoms with Gasteiger partial charge in [0, 0.05) is 18.6 Å². The number of sulfonamides is 1. The van der Waals surface area contributed by atoms with Crippen LogP contribution in [0.4, 0.5) is 13.2 Å². The molecule has 1 aliphatic rings. The molecule has 0 saturated carbocycles. The van der Waals surface area contributed by atoms with Gasteiger partial charge in [-0.25, -0.2) is 8.42 Å². The first-order valence-electron chi connectivity index (χ1n) is 7.48. The zero-order valence-electron chi connectivity index (χ0n) is 13.0. The van der Waals surface area contributed by atoms with Crippen molar-refractivity contribution in [1.82, 2.24) is 4.31 Å². The maximum atomic E-state index is 13.1. The maximum Gasteiger partial charge on any atom is 0.417 e. The van der Waals surface area contributed by atoms with Gasteiger partial charge in [-0.05, 0) is 38.0 Å². The van der Waals surface area contributed by atoms with Crippen LogP contribution in [0.1, 0.15) is 37.3 Å². The van der Waals surface area contributed by atoms with Gasteiger partial charge in [-0.2, -0.15) is 22.7 Å². The molecule has 1 aromatic rings. The van der Waals surface area contributed by atoms with Gasteiger partial charge in [-0.15, -0.1) is 0 Å². The molecular weight excluding hydrogens is 343 g/mol. The van der Waals surface area contributed by atoms with Crippen LogP contribution in [0, 0.1) is 11.3 Å². The highest BCUT2D eigenvalue weighted by Gasteiger charge is 2.38. The van der Waals surface area contributed by atoms with Crippen molar-refractivity contribution in [1.29, 1.82) is 5.26 Å². The summed E-state index contributed by atoms with van der Waals surface area (Å²) in [5.41, 5.74) is 3.99. The summed E-state index contributed by atoms with van der Waals surface area (Å²) in [5.74, 6) is 0. The summed E-state index contributed by atoms with van der Waals surface area (Å²) in [7, 11) is -4.12. The van der Waals surface area contributed by atoms with Gasteiger partial charge in [0.25, 0.3) is 0 Å². The summed E-state index contributed by atoms with van der Waals surface area (Å²) >= 11 is 0. The lowest BCUT2D eigenvalue weighted by Gasteiger charge is -2.37. The molecule has 0 unspecified atom stereocenters. The molecule has 0 bridgehead atoms. The minimum Gasteiger partial charge on any atom is -0.326 e. The second-order valence-corrected chi connectivity index (χ2v) is 7.75. The Kier molecular flexibility index (Phi) is 5.22. The maximum absolute atomic E-state index is 13.1. The first kappa shape index (κ1) is 18.7. The quantitative estimate of drug-likeness (QED) is 0.896. The number of hydrogen-bond acceptors (Lipinski definition) is 4. The number of hydrogen-bond donors (Lipinski definition) is 1. The molecule has 1 heterocycles. The average Bonchev–Trinajstić information content (AvgIpc) is 2.53. The number of piperidine rings is 1. The van der Waals surface area contributed by atoms with Crippen LogP contribution in [-0.4, -0.2) is 31.4 Å². The van der Waals surface area contributed by atoms with Gasteiger partial charge in [0.05, 0.1) is 22.1 Å². The Balaban J connectivity index is 2.52. The van der Waals surface area contributed by atoms with Crippen LogP contribution in [0.5, 0.6) is 0 Å². The fourth-order valence-corrected chi connectivity index (χ4v) is 4.71. The molecule has 24 heavy (non-hydrogen) atoms. The highest BCUT2D eigenvalue weighted by atomic mass is 32.2. The molecule has 132 valence electrons. The summed E-state index contributed by atoms with van der Waals surface area (Å²) in [6, 6.07) is 3.01. The van der Waals surface area contributed by atoms with Crippen molar-refractivity contribution in [2.24, 2.45) is 5.73 Å². The van der Waals surface area contributed by atoms with Crippen molar-refractivity contribution in [3.63, 3.8) is 0 Å². The molecular formula is C15H18F3N3O2S. The number of rotatable bonds is 3. The van der Waals surface area contributed by atoms with E-state index in [0.717, 1.165) is 18.6 Å². The molecule has 2 rings (SSSR count). The van der Waals surface area contributed by atoms with Crippen molar-refractivity contribution < 1.29 is 21.6 Å². The van der Waals surface area contributed by atoms with Crippen LogP contribution in [-0.2, 0) is 16.2 Å². The van der Waals surface area contributed by atoms with Crippen molar-refractivity contribution in [3.8, 4) is 6.07 Å². The topological polar surface area (TPSA) is 87.2 Å². The highest BCUT2D eigenvalue weighted by Crippen LogP contribution is 2.35. The van der Waals surface area contributed by atoms with Gasteiger partial charge in [-0.1, -0.05) is 6.42 Å². The van der Waals surface area contributed by atoms with Gasteiger partial charge >= 0.3 is 6.18 Å². The molecule has 2 atom stereocenters. The van der Waals surface area contributed by atoms with Gasteiger partial charge < -0.3 is 5.73 Å². The Labute approximate surface area is 138 Å². The van der Waals surface area contributed by atoms with Crippen LogP contribution in [0.2, 0.25) is 0 Å². The zero-order chi connectivity index (χ0) is 18.1. The molecule has 9 heteroatoms. The molecule has 1 aromatic carbocycles. The van der Waals surface area contributed by atoms with Crippen LogP contribution in [0.3, 0.4) is 0 Å². The summed E-state index contributed by atoms with van der Waals surface area (Å²) < 4.78 is 66.0. The summed E-state index contributed by atoms with van der Waals surface area (Å²) in [5, 5.41) is 8.81. The fourth-order valence-electron chi connectivity index (χ4n) is 2.91. The monoisotopic (exact) mass is 361 g/mol. The largest absolute Gasteiger partial charge is 0.417 e. The minimum atomic E-state index is -4.81. The lowest BCUT2D eigenvalue weighted by molar-refractivity contribution is -0.137. The molecule has 0 spiro atoms. The van der Waals surface area contributed by atoms with Crippen molar-refractivity contribution >= 4 is 10.0 Å². The SMILES string of the molecule is C[C@@H](N)[C@H]1CCCCN1S(=O)(=O)c1ccc(C#N)c(C(F)(F)F)c1. The third-order valence-electron chi connectivity index (χ3n) is 4.13. The highest BCUT2D eigenvalue weighted by molar-refractivity contribution is 7.89. The molecule has 0 radical (unpaired) electrons. The van der Waals surface area contributed by atoms with E-state index in [1.54, 1.807) is 6.92 Å². The first-order valence-corrected chi connectivity index (χ1v) is 8.92. The van der Waals surface area contributed by atoms with Crippen LogP contribution >= 0.6 is 0 Å². The lowest BCUT2D eigenvalue weighted by Crippen LogP contribution is -2.51. The van der Waals surface area contributed by atoms with Crippen molar-refractivity contribution in [2.75, 3.05) is 6.54 Å². The van der Waals surface area contributed by atoms with Gasteiger partial charge in [-0.3, -0.25) is 0 Å². The summed E-state index contributed by atoms with van der Waals surface area (Å²) in [6.07, 6.45) is -2.79. The standard InChI is InChI=1S/C15H18F3N3O2S/c1-10(20)14-4-2-3-7-21(14)24(22,23)12-6-5-11(9-19)13(8-12)15(16,17)18/h5-6,8,10,14H,2-4,7,20H2,1H3/t10-,14-/m1/s1. The smallest absolute Gasteiger partial charge is 0.326 e. The van der Waals surface area contributed by atoms with E-state index in [-0.39, 0.29) is 6.54 Å². The zero-order valence-corrected chi connectivity index (χ0v) is 13.9. The predicted octanol–water partition coefficient (Wildman–Crippen LogP) is 2.47. The second kappa shape index (κ2) is 6.70. The number of benzene rings is 1. The van der Waals surface area contributed by atoms with E-state index in [9.17, 15) is 21.6 Å². The molecule has 1 saturated heterocycles. The third-order valence-corrected chi connectivity index (χ3v) is 6.05. The number of alkyl halides is 3. The van der Waals surface area contributed by atoms with Crippen LogP contribution in [0.25, 0.3) is 0 Å². The van der Waals surface area contributed by atoms with E-state index < -0.39 is 44.3 Å². The minimum absolute atomic E-state index is 0.218. The normalized spacial score (nSPS) is 21.2. The average molecular weight is 361 g/mol. The van der Waals surface area contributed by atoms with E-state index >= 15 is 0 Å². The number of halogens is 3. The van der Waals surface area contributed by atoms with Gasteiger partial charge in [0.15, 0.2) is 0 Å². The number of nitriles is 1. The Morgan fingerprint density at radius 3 is 2.58 bits per heavy atom. The van der Waals surface area contributed by atoms with E-state index in [0.29, 0.717) is 18.9 Å². The predicted molar refractivity (Wildman–Crippen MR) is 81.3 cm³/mol. The summed E-state index contributed by atoms with van der Waals surface area (Å²) in [4.78, 5) is -0.471. The molecule has 1 fully saturated rings. The van der Waals surface area contributed by atoms with Crippen molar-refractivity contribution in [2.45, 2.75) is 49.3 Å². The number of nitrogens with zero attached hydrogens (tertiary/aromatic N) is 2. The molecule has 5 nitrogen and oxygen atoms in total. The Bertz CT molecular complexity index is 754. The molecule has 0 aliphatic carbocycles. The van der Waals surface area contributed by atoms with E-state index in [2.05, 4.69) is 0 Å². The Morgan fingerprint density at radius 2 is 2.04 bits per heavy atom. The molecule has 0 amide bonds. The van der Waals surface area contributed by atoms with Crippen molar-refractivity contribution in [3.05, 3.63) is 29.3 Å². The molecule has 1 aliphatic heterocycles. The Morgan fingerprint density at radius 1 is 1.38 bits per heavy atom. The van der Waals surface area contributed by atoms with Gasteiger partial charge in [0.2, 0.25) is 10.0 Å². The van der Waals surface area contributed by atoms with Gasteiger partial charge in [0.1, 0.15) is 0 Å². The lowest BCUT2D eigenvalue weighted by atomic mass is 10.00.